The number of pyridine rings is 1. The first kappa shape index (κ1) is 52.8. The molecule has 6 heterocycles. The molecule has 71 heavy (non-hydrogen) atoms. The second-order valence-electron chi connectivity index (χ2n) is 20.7. The monoisotopic (exact) mass is 991 g/mol. The highest BCUT2D eigenvalue weighted by molar-refractivity contribution is 8.03. The Bertz CT molecular complexity index is 2630. The van der Waals surface area contributed by atoms with Crippen LogP contribution in [0, 0.1) is 5.41 Å². The van der Waals surface area contributed by atoms with Crippen LogP contribution in [0.1, 0.15) is 33.3 Å². The molecule has 378 valence electrons. The van der Waals surface area contributed by atoms with Gasteiger partial charge in [-0.05, 0) is 79.5 Å². The normalized spacial score (nSPS) is 22.1. The molecule has 0 aliphatic carbocycles. The maximum atomic E-state index is 13.7. The van der Waals surface area contributed by atoms with Crippen molar-refractivity contribution >= 4 is 58.6 Å². The number of anilines is 1. The lowest BCUT2D eigenvalue weighted by Gasteiger charge is -2.37. The van der Waals surface area contributed by atoms with Gasteiger partial charge >= 0.3 is 23.7 Å². The molecule has 0 unspecified atom stereocenters. The van der Waals surface area contributed by atoms with Crippen molar-refractivity contribution < 1.29 is 43.5 Å². The number of carbonyl (C=O) groups excluding carboxylic acids is 1. The molecule has 7 rings (SSSR count). The Morgan fingerprint density at radius 2 is 1.32 bits per heavy atom. The van der Waals surface area contributed by atoms with Crippen LogP contribution in [0.2, 0.25) is 0 Å². The number of benzene rings is 1. The van der Waals surface area contributed by atoms with Crippen LogP contribution >= 0.6 is 11.8 Å². The van der Waals surface area contributed by atoms with Crippen LogP contribution in [0.3, 0.4) is 0 Å². The van der Waals surface area contributed by atoms with Crippen LogP contribution in [0.25, 0.3) is 0 Å². The van der Waals surface area contributed by atoms with E-state index in [0.29, 0.717) is 58.0 Å². The molecule has 0 radical (unpaired) electrons. The summed E-state index contributed by atoms with van der Waals surface area (Å²) in [6.45, 7) is 12.3. The highest BCUT2D eigenvalue weighted by Crippen LogP contribution is 2.45. The first-order valence-electron chi connectivity index (χ1n) is 24.1. The molecule has 1 aromatic carbocycles. The number of fused-ring (bicyclic) bond motifs is 2. The summed E-state index contributed by atoms with van der Waals surface area (Å²) < 4.78 is 2.82. The summed E-state index contributed by atoms with van der Waals surface area (Å²) in [6, 6.07) is 12.1. The van der Waals surface area contributed by atoms with E-state index in [1.165, 1.54) is 22.3 Å². The van der Waals surface area contributed by atoms with Crippen molar-refractivity contribution in [3.63, 3.8) is 0 Å². The minimum absolute atomic E-state index is 0.00159. The first-order valence-corrected chi connectivity index (χ1v) is 25.0. The number of hydrogen-bond donors (Lipinski definition) is 4. The summed E-state index contributed by atoms with van der Waals surface area (Å²) >= 11 is 1.70. The van der Waals surface area contributed by atoms with Gasteiger partial charge < -0.3 is 30.0 Å². The van der Waals surface area contributed by atoms with E-state index in [2.05, 4.69) is 105 Å². The zero-order valence-electron chi connectivity index (χ0n) is 42.4. The molecule has 0 atom stereocenters. The number of aliphatic carboxylic acids is 3. The van der Waals surface area contributed by atoms with E-state index in [9.17, 15) is 34.5 Å². The average molecular weight is 991 g/mol. The number of aliphatic imine (C=N–C) groups is 2. The van der Waals surface area contributed by atoms with Crippen molar-refractivity contribution in [1.82, 2.24) is 24.5 Å². The molecule has 1 amide bonds. The summed E-state index contributed by atoms with van der Waals surface area (Å²) in [7, 11) is 8.58. The van der Waals surface area contributed by atoms with Crippen molar-refractivity contribution in [3.05, 3.63) is 118 Å². The number of likely N-dealkylation sites (N-methyl/N-ethyl adjacent to an activating group) is 2. The van der Waals surface area contributed by atoms with Gasteiger partial charge in [-0.2, -0.15) is 0 Å². The number of thioether (sulfide) groups is 1. The van der Waals surface area contributed by atoms with Gasteiger partial charge in [-0.1, -0.05) is 37.8 Å². The van der Waals surface area contributed by atoms with Crippen LogP contribution in [-0.4, -0.2) is 192 Å². The van der Waals surface area contributed by atoms with Crippen LogP contribution in [-0.2, 0) is 31.6 Å². The van der Waals surface area contributed by atoms with E-state index in [4.69, 9.17) is 9.98 Å². The minimum atomic E-state index is -1.02. The smallest absolute Gasteiger partial charge is 0.327 e. The largest absolute Gasteiger partial charge is 0.480 e. The summed E-state index contributed by atoms with van der Waals surface area (Å²) in [4.78, 5) is 70.4. The van der Waals surface area contributed by atoms with Crippen LogP contribution < -0.4 is 9.88 Å². The Morgan fingerprint density at radius 3 is 1.86 bits per heavy atom. The molecule has 0 spiro atoms. The van der Waals surface area contributed by atoms with Gasteiger partial charge in [0.2, 0.25) is 5.91 Å². The number of amides is 1. The molecule has 0 bridgehead atoms. The summed E-state index contributed by atoms with van der Waals surface area (Å²) in [5, 5.41) is 31.8. The lowest BCUT2D eigenvalue weighted by atomic mass is 9.81. The molecule has 1 aromatic heterocycles. The van der Waals surface area contributed by atoms with Gasteiger partial charge in [-0.15, -0.1) is 0 Å². The lowest BCUT2D eigenvalue weighted by molar-refractivity contribution is -0.881. The molecule has 1 saturated heterocycles. The number of allylic oxidation sites excluding steroid dienone is 6. The van der Waals surface area contributed by atoms with Crippen LogP contribution in [0.15, 0.2) is 127 Å². The highest BCUT2D eigenvalue weighted by Gasteiger charge is 2.42. The van der Waals surface area contributed by atoms with E-state index in [1.807, 2.05) is 55.7 Å². The topological polar surface area (TPSA) is 186 Å². The zero-order chi connectivity index (χ0) is 51.3. The molecular formula is C53H70N10O7S+2. The van der Waals surface area contributed by atoms with Crippen LogP contribution in [0.4, 0.5) is 11.5 Å². The maximum Gasteiger partial charge on any atom is 0.327 e. The summed E-state index contributed by atoms with van der Waals surface area (Å²) in [5.74, 6) is -1.36. The van der Waals surface area contributed by atoms with Gasteiger partial charge in [0.05, 0.1) is 70.2 Å². The van der Waals surface area contributed by atoms with Gasteiger partial charge in [-0.25, -0.2) is 9.56 Å². The standard InChI is InChI=1S/C53H68N10O7S/c1-52(2)41-11-9-21-57(5)50(41)55-43(52)19-13-37-35-63(7,8)36-38(14-20-44-53(3,4)42-12-10-22-58(6)51(42)56-44)49(37)71-40-17-15-39(16-18-40)54-45(64)31-59-23-25-60(32-46(65)66)27-29-62(34-48(69)70)30-28-61(26-24-59)33-47(67)68/h9-22H,23-36H2,1-8H3,(H2-2,54,64,65,66,67,68,69,70)/p+2. The minimum Gasteiger partial charge on any atom is -0.480 e. The Kier molecular flexibility index (Phi) is 16.5. The maximum absolute atomic E-state index is 13.7. The van der Waals surface area contributed by atoms with Gasteiger partial charge in [0.25, 0.3) is 0 Å². The molecular weight excluding hydrogens is 921 g/mol. The van der Waals surface area contributed by atoms with Crippen LogP contribution in [0.5, 0.6) is 0 Å². The number of carboxylic acid groups (broad SMARTS) is 3. The van der Waals surface area contributed by atoms with Gasteiger partial charge in [0.1, 0.15) is 18.9 Å². The fourth-order valence-electron chi connectivity index (χ4n) is 9.72. The average Bonchev–Trinajstić information content (AvgIpc) is 3.71. The number of carbonyl (C=O) groups is 4. The predicted molar refractivity (Wildman–Crippen MR) is 278 cm³/mol. The molecule has 5 aliphatic rings. The summed E-state index contributed by atoms with van der Waals surface area (Å²) in [6.07, 6.45) is 17.2. The summed E-state index contributed by atoms with van der Waals surface area (Å²) in [5.41, 5.74) is 6.83. The van der Waals surface area contributed by atoms with Crippen molar-refractivity contribution in [3.8, 4) is 0 Å². The molecule has 4 N–H and O–H groups in total. The Balaban J connectivity index is 1.13. The Morgan fingerprint density at radius 1 is 0.761 bits per heavy atom. The number of carboxylic acids is 3. The number of aromatic nitrogens is 1. The number of nitrogens with zero attached hydrogens (tertiary/aromatic N) is 9. The van der Waals surface area contributed by atoms with E-state index < -0.39 is 17.9 Å². The molecule has 17 nitrogen and oxygen atoms in total. The Labute approximate surface area is 421 Å². The SMILES string of the molecule is CN1C=CC=C2C1=NC(=CC=C1C[N+](C)(C)CC(C=CC3=Nc4c(ccc[n+]4C)C3(C)C)=C1Sc1ccc(NC(=O)CN3CCN(CC(=O)O)CCN(CC(=O)O)CCN(CC(=O)O)CC3)cc1)C2(C)C. The zero-order valence-corrected chi connectivity index (χ0v) is 43.2. The Hall–Kier alpha value is -6.02. The van der Waals surface area contributed by atoms with E-state index >= 15 is 0 Å². The van der Waals surface area contributed by atoms with E-state index in [1.54, 1.807) is 26.5 Å². The number of aryl methyl sites for hydroxylation is 1. The van der Waals surface area contributed by atoms with Crippen molar-refractivity contribution in [2.45, 2.75) is 38.0 Å². The van der Waals surface area contributed by atoms with E-state index in [-0.39, 0.29) is 42.9 Å². The van der Waals surface area contributed by atoms with Gasteiger partial charge in [-0.3, -0.25) is 38.8 Å². The molecule has 1 fully saturated rings. The molecule has 18 heteroatoms. The second-order valence-corrected chi connectivity index (χ2v) is 21.8. The van der Waals surface area contributed by atoms with Crippen molar-refractivity contribution in [1.29, 1.82) is 0 Å². The van der Waals surface area contributed by atoms with E-state index in [0.717, 1.165) is 50.4 Å². The number of amidine groups is 1. The fourth-order valence-corrected chi connectivity index (χ4v) is 10.8. The second kappa shape index (κ2) is 22.2. The quantitative estimate of drug-likeness (QED) is 0.152. The number of quaternary nitrogens is 1. The lowest BCUT2D eigenvalue weighted by Crippen LogP contribution is -2.49. The first-order chi connectivity index (χ1) is 33.6. The van der Waals surface area contributed by atoms with Crippen molar-refractivity contribution in [2.24, 2.45) is 22.4 Å². The molecule has 5 aliphatic heterocycles. The van der Waals surface area contributed by atoms with Crippen molar-refractivity contribution in [2.75, 3.05) is 118 Å². The molecule has 0 saturated carbocycles. The van der Waals surface area contributed by atoms with Gasteiger partial charge in [0.15, 0.2) is 5.71 Å². The fraction of sp³-hybridized carbons (Fsp3) is 0.453. The number of rotatable bonds is 14. The predicted octanol–water partition coefficient (Wildman–Crippen LogP) is 4.62. The highest BCUT2D eigenvalue weighted by atomic mass is 32.2. The molecule has 2 aromatic rings. The number of hydrogen-bond acceptors (Lipinski definition) is 12. The third-order valence-corrected chi connectivity index (χ3v) is 15.0. The third-order valence-electron chi connectivity index (χ3n) is 13.8. The number of nitrogens with one attached hydrogen (secondary N) is 1. The third kappa shape index (κ3) is 13.3. The van der Waals surface area contributed by atoms with Gasteiger partial charge in [0, 0.05) is 103 Å².